The Kier molecular flexibility index (Phi) is 3.55. The molecule has 1 N–H and O–H groups in total. The Hall–Kier alpha value is -2.37. The molecule has 1 spiro atoms. The first-order chi connectivity index (χ1) is 11.6. The number of urea groups is 1. The molecule has 6 nitrogen and oxygen atoms in total. The summed E-state index contributed by atoms with van der Waals surface area (Å²) in [5, 5.41) is 2.82. The summed E-state index contributed by atoms with van der Waals surface area (Å²) in [6.07, 6.45) is 4.16. The summed E-state index contributed by atoms with van der Waals surface area (Å²) in [5.74, 6) is -0.385. The highest BCUT2D eigenvalue weighted by atomic mass is 16.2. The molecule has 3 aliphatic rings. The van der Waals surface area contributed by atoms with Crippen LogP contribution in [0.15, 0.2) is 30.3 Å². The number of nitrogens with one attached hydrogen (secondary N) is 1. The molecule has 1 aromatic rings. The van der Waals surface area contributed by atoms with Gasteiger partial charge >= 0.3 is 6.03 Å². The molecule has 1 aliphatic carbocycles. The highest BCUT2D eigenvalue weighted by Crippen LogP contribution is 2.36. The van der Waals surface area contributed by atoms with E-state index in [1.165, 1.54) is 0 Å². The number of hydrogen-bond acceptors (Lipinski definition) is 3. The zero-order valence-electron chi connectivity index (χ0n) is 13.5. The van der Waals surface area contributed by atoms with Crippen molar-refractivity contribution in [3.05, 3.63) is 35.9 Å². The van der Waals surface area contributed by atoms with Crippen molar-refractivity contribution in [2.45, 2.75) is 43.7 Å². The van der Waals surface area contributed by atoms with Crippen molar-refractivity contribution < 1.29 is 14.4 Å². The molecule has 0 bridgehead atoms. The first kappa shape index (κ1) is 15.2. The predicted octanol–water partition coefficient (Wildman–Crippen LogP) is 1.82. The Morgan fingerprint density at radius 2 is 1.88 bits per heavy atom. The molecule has 126 valence electrons. The monoisotopic (exact) mass is 327 g/mol. The van der Waals surface area contributed by atoms with Crippen LogP contribution >= 0.6 is 0 Å². The zero-order chi connectivity index (χ0) is 16.7. The zero-order valence-corrected chi connectivity index (χ0v) is 13.5. The third kappa shape index (κ3) is 2.28. The predicted molar refractivity (Wildman–Crippen MR) is 87.0 cm³/mol. The van der Waals surface area contributed by atoms with Gasteiger partial charge in [0.2, 0.25) is 5.91 Å². The molecule has 1 saturated carbocycles. The van der Waals surface area contributed by atoms with Gasteiger partial charge in [-0.25, -0.2) is 4.79 Å². The van der Waals surface area contributed by atoms with E-state index in [0.717, 1.165) is 29.7 Å². The quantitative estimate of drug-likeness (QED) is 0.861. The molecule has 3 fully saturated rings. The van der Waals surface area contributed by atoms with Crippen LogP contribution in [0.2, 0.25) is 0 Å². The number of carbonyl (C=O) groups excluding carboxylic acids is 3. The van der Waals surface area contributed by atoms with Gasteiger partial charge < -0.3 is 10.2 Å². The van der Waals surface area contributed by atoms with E-state index < -0.39 is 11.6 Å². The Bertz CT molecular complexity index is 682. The largest absolute Gasteiger partial charge is 0.334 e. The molecule has 2 heterocycles. The van der Waals surface area contributed by atoms with Crippen molar-refractivity contribution in [1.82, 2.24) is 15.1 Å². The molecular weight excluding hydrogens is 306 g/mol. The van der Waals surface area contributed by atoms with E-state index >= 15 is 0 Å². The lowest BCUT2D eigenvalue weighted by Gasteiger charge is -2.41. The average Bonchev–Trinajstić information content (AvgIpc) is 3.09. The SMILES string of the molecule is O=C1NC2(CCCC2)C(=O)N1CC(=O)N1CCC1c1ccccc1. The van der Waals surface area contributed by atoms with Crippen LogP contribution in [0.25, 0.3) is 0 Å². The van der Waals surface area contributed by atoms with Crippen molar-refractivity contribution in [2.75, 3.05) is 13.1 Å². The molecule has 2 aliphatic heterocycles. The first-order valence-corrected chi connectivity index (χ1v) is 8.59. The van der Waals surface area contributed by atoms with Crippen molar-refractivity contribution >= 4 is 17.8 Å². The summed E-state index contributed by atoms with van der Waals surface area (Å²) in [6.45, 7) is 0.517. The maximum Gasteiger partial charge on any atom is 0.325 e. The lowest BCUT2D eigenvalue weighted by atomic mass is 9.94. The summed E-state index contributed by atoms with van der Waals surface area (Å²) in [6, 6.07) is 9.50. The van der Waals surface area contributed by atoms with E-state index in [1.54, 1.807) is 4.90 Å². The smallest absolute Gasteiger partial charge is 0.325 e. The highest BCUT2D eigenvalue weighted by molar-refractivity contribution is 6.09. The molecule has 1 aromatic carbocycles. The standard InChI is InChI=1S/C18H21N3O3/c22-15(20-11-8-14(20)13-6-2-1-3-7-13)12-21-16(23)18(19-17(21)24)9-4-5-10-18/h1-3,6-7,14H,4-5,8-12H2,(H,19,24). The number of nitrogens with zero attached hydrogens (tertiary/aromatic N) is 2. The summed E-state index contributed by atoms with van der Waals surface area (Å²) >= 11 is 0. The van der Waals surface area contributed by atoms with E-state index in [1.807, 2.05) is 30.3 Å². The summed E-state index contributed by atoms with van der Waals surface area (Å²) < 4.78 is 0. The second-order valence-corrected chi connectivity index (χ2v) is 6.91. The Morgan fingerprint density at radius 3 is 2.50 bits per heavy atom. The number of rotatable bonds is 3. The van der Waals surface area contributed by atoms with Crippen LogP contribution in [0, 0.1) is 0 Å². The highest BCUT2D eigenvalue weighted by Gasteiger charge is 2.53. The van der Waals surface area contributed by atoms with Gasteiger partial charge in [-0.2, -0.15) is 0 Å². The maximum atomic E-state index is 12.6. The van der Waals surface area contributed by atoms with Gasteiger partial charge in [-0.15, -0.1) is 0 Å². The van der Waals surface area contributed by atoms with Gasteiger partial charge in [0.1, 0.15) is 12.1 Å². The van der Waals surface area contributed by atoms with Gasteiger partial charge in [-0.05, 0) is 24.8 Å². The van der Waals surface area contributed by atoms with E-state index in [-0.39, 0.29) is 24.4 Å². The van der Waals surface area contributed by atoms with E-state index in [2.05, 4.69) is 5.32 Å². The average molecular weight is 327 g/mol. The fourth-order valence-electron chi connectivity index (χ4n) is 4.07. The normalized spacial score (nSPS) is 25.1. The van der Waals surface area contributed by atoms with Gasteiger partial charge in [0.15, 0.2) is 0 Å². The third-order valence-electron chi connectivity index (χ3n) is 5.52. The minimum atomic E-state index is -0.745. The summed E-state index contributed by atoms with van der Waals surface area (Å²) in [4.78, 5) is 40.3. The van der Waals surface area contributed by atoms with Crippen molar-refractivity contribution in [3.63, 3.8) is 0 Å². The number of imide groups is 1. The van der Waals surface area contributed by atoms with Crippen LogP contribution in [-0.4, -0.2) is 46.3 Å². The fourth-order valence-corrected chi connectivity index (χ4v) is 4.07. The minimum absolute atomic E-state index is 0.0555. The molecule has 0 radical (unpaired) electrons. The lowest BCUT2D eigenvalue weighted by molar-refractivity contribution is -0.144. The van der Waals surface area contributed by atoms with Crippen molar-refractivity contribution in [3.8, 4) is 0 Å². The number of hydrogen-bond donors (Lipinski definition) is 1. The number of benzene rings is 1. The van der Waals surface area contributed by atoms with Crippen molar-refractivity contribution in [1.29, 1.82) is 0 Å². The van der Waals surface area contributed by atoms with Gasteiger partial charge in [0.25, 0.3) is 5.91 Å². The van der Waals surface area contributed by atoms with Crippen LogP contribution in [0.1, 0.15) is 43.7 Å². The molecule has 0 aromatic heterocycles. The Morgan fingerprint density at radius 1 is 1.17 bits per heavy atom. The van der Waals surface area contributed by atoms with E-state index in [4.69, 9.17) is 0 Å². The second kappa shape index (κ2) is 5.61. The molecule has 24 heavy (non-hydrogen) atoms. The number of likely N-dealkylation sites (tertiary alicyclic amines) is 1. The maximum absolute atomic E-state index is 12.6. The van der Waals surface area contributed by atoms with Gasteiger partial charge in [0.05, 0.1) is 6.04 Å². The fraction of sp³-hybridized carbons (Fsp3) is 0.500. The summed E-state index contributed by atoms with van der Waals surface area (Å²) in [5.41, 5.74) is 0.354. The van der Waals surface area contributed by atoms with Crippen molar-refractivity contribution in [2.24, 2.45) is 0 Å². The van der Waals surface area contributed by atoms with E-state index in [0.29, 0.717) is 19.4 Å². The van der Waals surface area contributed by atoms with Crippen LogP contribution in [0.5, 0.6) is 0 Å². The molecule has 4 amide bonds. The van der Waals surface area contributed by atoms with Gasteiger partial charge in [0, 0.05) is 6.54 Å². The van der Waals surface area contributed by atoms with Gasteiger partial charge in [-0.1, -0.05) is 43.2 Å². The molecular formula is C18H21N3O3. The molecule has 6 heteroatoms. The molecule has 1 atom stereocenters. The Labute approximate surface area is 140 Å². The Balaban J connectivity index is 1.45. The second-order valence-electron chi connectivity index (χ2n) is 6.91. The minimum Gasteiger partial charge on any atom is -0.334 e. The molecule has 4 rings (SSSR count). The lowest BCUT2D eigenvalue weighted by Crippen LogP contribution is -2.51. The van der Waals surface area contributed by atoms with E-state index in [9.17, 15) is 14.4 Å². The number of carbonyl (C=O) groups is 3. The first-order valence-electron chi connectivity index (χ1n) is 8.59. The van der Waals surface area contributed by atoms with Crippen LogP contribution in [0.3, 0.4) is 0 Å². The van der Waals surface area contributed by atoms with Crippen LogP contribution in [-0.2, 0) is 9.59 Å². The van der Waals surface area contributed by atoms with Gasteiger partial charge in [-0.3, -0.25) is 14.5 Å². The van der Waals surface area contributed by atoms with Crippen LogP contribution in [0.4, 0.5) is 4.79 Å². The molecule has 1 unspecified atom stereocenters. The number of amides is 4. The third-order valence-corrected chi connectivity index (χ3v) is 5.52. The molecule has 2 saturated heterocycles. The van der Waals surface area contributed by atoms with Crippen LogP contribution < -0.4 is 5.32 Å². The topological polar surface area (TPSA) is 69.7 Å². The summed E-state index contributed by atoms with van der Waals surface area (Å²) in [7, 11) is 0.